The summed E-state index contributed by atoms with van der Waals surface area (Å²) in [6.45, 7) is 3.47. The van der Waals surface area contributed by atoms with Crippen LogP contribution in [0, 0.1) is 15.5 Å². The summed E-state index contributed by atoms with van der Waals surface area (Å²) < 4.78 is 1.34. The Morgan fingerprint density at radius 3 is 2.38 bits per heavy atom. The van der Waals surface area contributed by atoms with Gasteiger partial charge in [0.15, 0.2) is 0 Å². The minimum Gasteiger partial charge on any atom is -0.481 e. The largest absolute Gasteiger partial charge is 0.481 e. The number of hydrogen-bond donors (Lipinski definition) is 2. The fourth-order valence-corrected chi connectivity index (χ4v) is 2.09. The van der Waals surface area contributed by atoms with Crippen LogP contribution in [0.25, 0.3) is 0 Å². The Balaban J connectivity index is 2.87. The molecule has 116 valence electrons. The Hall–Kier alpha value is -2.38. The van der Waals surface area contributed by atoms with Crippen molar-refractivity contribution in [3.8, 4) is 0 Å². The first-order valence-electron chi connectivity index (χ1n) is 6.59. The van der Waals surface area contributed by atoms with Crippen LogP contribution in [0.3, 0.4) is 0 Å². The lowest BCUT2D eigenvalue weighted by atomic mass is 9.82. The maximum absolute atomic E-state index is 12.1. The number of aromatic nitrogens is 1. The molecule has 0 aliphatic carbocycles. The second-order valence-corrected chi connectivity index (χ2v) is 4.93. The molecule has 1 amide bonds. The zero-order valence-corrected chi connectivity index (χ0v) is 12.3. The predicted molar refractivity (Wildman–Crippen MR) is 75.1 cm³/mol. The van der Waals surface area contributed by atoms with Gasteiger partial charge in [-0.1, -0.05) is 13.8 Å². The summed E-state index contributed by atoms with van der Waals surface area (Å²) in [4.78, 5) is 33.5. The minimum atomic E-state index is -1.02. The zero-order chi connectivity index (χ0) is 16.2. The molecule has 0 fully saturated rings. The maximum atomic E-state index is 12.1. The van der Waals surface area contributed by atoms with E-state index in [-0.39, 0.29) is 17.9 Å². The molecule has 0 saturated heterocycles. The molecule has 0 bridgehead atoms. The molecule has 0 atom stereocenters. The lowest BCUT2D eigenvalue weighted by Crippen LogP contribution is -2.42. The van der Waals surface area contributed by atoms with Crippen molar-refractivity contribution in [1.82, 2.24) is 9.88 Å². The summed E-state index contributed by atoms with van der Waals surface area (Å²) in [5, 5.41) is 22.5. The molecule has 1 aromatic heterocycles. The van der Waals surface area contributed by atoms with Crippen LogP contribution in [0.15, 0.2) is 12.3 Å². The lowest BCUT2D eigenvalue weighted by Gasteiger charge is -2.26. The van der Waals surface area contributed by atoms with Crippen molar-refractivity contribution >= 4 is 17.6 Å². The highest BCUT2D eigenvalue weighted by molar-refractivity contribution is 5.93. The van der Waals surface area contributed by atoms with E-state index in [0.717, 1.165) is 6.07 Å². The van der Waals surface area contributed by atoms with Crippen molar-refractivity contribution in [2.45, 2.75) is 26.7 Å². The maximum Gasteiger partial charge on any atom is 0.311 e. The molecule has 0 aliphatic rings. The Morgan fingerprint density at radius 1 is 1.43 bits per heavy atom. The van der Waals surface area contributed by atoms with Crippen LogP contribution in [0.5, 0.6) is 0 Å². The fourth-order valence-electron chi connectivity index (χ4n) is 2.09. The highest BCUT2D eigenvalue weighted by Crippen LogP contribution is 2.26. The highest BCUT2D eigenvalue weighted by atomic mass is 16.6. The van der Waals surface area contributed by atoms with Gasteiger partial charge in [0.2, 0.25) is 0 Å². The number of carboxylic acid groups (broad SMARTS) is 1. The molecule has 1 aromatic rings. The molecule has 0 spiro atoms. The predicted octanol–water partition coefficient (Wildman–Crippen LogP) is 1.55. The molecule has 1 rings (SSSR count). The van der Waals surface area contributed by atoms with E-state index in [1.807, 2.05) is 0 Å². The van der Waals surface area contributed by atoms with Gasteiger partial charge in [-0.3, -0.25) is 19.7 Å². The average Bonchev–Trinajstić information content (AvgIpc) is 2.82. The zero-order valence-electron chi connectivity index (χ0n) is 12.3. The number of aliphatic carboxylic acids is 1. The van der Waals surface area contributed by atoms with E-state index in [0.29, 0.717) is 12.8 Å². The SMILES string of the molecule is CCC(CC)(CNC(=O)c1cc([N+](=O)[O-])cn1C)C(=O)O. The first kappa shape index (κ1) is 16.7. The second kappa shape index (κ2) is 6.38. The van der Waals surface area contributed by atoms with Crippen LogP contribution >= 0.6 is 0 Å². The number of nitrogens with one attached hydrogen (secondary N) is 1. The van der Waals surface area contributed by atoms with Gasteiger partial charge < -0.3 is 15.0 Å². The van der Waals surface area contributed by atoms with E-state index in [1.54, 1.807) is 13.8 Å². The Bertz CT molecular complexity index is 560. The van der Waals surface area contributed by atoms with E-state index >= 15 is 0 Å². The normalized spacial score (nSPS) is 11.2. The minimum absolute atomic E-state index is 0.0207. The van der Waals surface area contributed by atoms with Crippen molar-refractivity contribution in [1.29, 1.82) is 0 Å². The number of carboxylic acids is 1. The van der Waals surface area contributed by atoms with Crippen molar-refractivity contribution in [2.75, 3.05) is 6.54 Å². The summed E-state index contributed by atoms with van der Waals surface area (Å²) in [6.07, 6.45) is 2.00. The monoisotopic (exact) mass is 297 g/mol. The molecular formula is C13H19N3O5. The van der Waals surface area contributed by atoms with Gasteiger partial charge >= 0.3 is 5.97 Å². The summed E-state index contributed by atoms with van der Waals surface area (Å²) in [5.41, 5.74) is -1.08. The number of carbonyl (C=O) groups excluding carboxylic acids is 1. The number of carbonyl (C=O) groups is 2. The third-order valence-electron chi connectivity index (χ3n) is 3.83. The highest BCUT2D eigenvalue weighted by Gasteiger charge is 2.35. The summed E-state index contributed by atoms with van der Waals surface area (Å²) in [5.74, 6) is -1.50. The van der Waals surface area contributed by atoms with Crippen molar-refractivity contribution in [2.24, 2.45) is 12.5 Å². The topological polar surface area (TPSA) is 114 Å². The Kier molecular flexibility index (Phi) is 5.07. The van der Waals surface area contributed by atoms with Crippen LogP contribution in [0.2, 0.25) is 0 Å². The van der Waals surface area contributed by atoms with Gasteiger partial charge in [-0.15, -0.1) is 0 Å². The number of nitrogens with zero attached hydrogens (tertiary/aromatic N) is 2. The Morgan fingerprint density at radius 2 is 2.00 bits per heavy atom. The Labute approximate surface area is 121 Å². The molecule has 8 heteroatoms. The first-order chi connectivity index (χ1) is 9.77. The molecular weight excluding hydrogens is 278 g/mol. The number of nitro groups is 1. The van der Waals surface area contributed by atoms with E-state index in [2.05, 4.69) is 5.32 Å². The molecule has 2 N–H and O–H groups in total. The molecule has 21 heavy (non-hydrogen) atoms. The standard InChI is InChI=1S/C13H19N3O5/c1-4-13(5-2,12(18)19)8-14-11(17)10-6-9(16(20)21)7-15(10)3/h6-7H,4-5,8H2,1-3H3,(H,14,17)(H,18,19). The molecule has 0 unspecified atom stereocenters. The lowest BCUT2D eigenvalue weighted by molar-refractivity contribution is -0.384. The number of rotatable bonds is 7. The molecule has 0 aliphatic heterocycles. The van der Waals surface area contributed by atoms with Crippen LogP contribution in [0.4, 0.5) is 5.69 Å². The van der Waals surface area contributed by atoms with E-state index in [4.69, 9.17) is 0 Å². The van der Waals surface area contributed by atoms with Gasteiger partial charge in [-0.05, 0) is 12.8 Å². The number of amides is 1. The van der Waals surface area contributed by atoms with Gasteiger partial charge in [0.1, 0.15) is 5.69 Å². The fraction of sp³-hybridized carbons (Fsp3) is 0.538. The first-order valence-corrected chi connectivity index (χ1v) is 6.59. The van der Waals surface area contributed by atoms with Gasteiger partial charge in [0.05, 0.1) is 16.5 Å². The van der Waals surface area contributed by atoms with Crippen molar-refractivity contribution in [3.63, 3.8) is 0 Å². The molecule has 0 saturated carbocycles. The van der Waals surface area contributed by atoms with Crippen LogP contribution < -0.4 is 5.32 Å². The third kappa shape index (κ3) is 3.39. The average molecular weight is 297 g/mol. The van der Waals surface area contributed by atoms with Gasteiger partial charge in [-0.2, -0.15) is 0 Å². The summed E-state index contributed by atoms with van der Waals surface area (Å²) >= 11 is 0. The third-order valence-corrected chi connectivity index (χ3v) is 3.83. The molecule has 1 heterocycles. The van der Waals surface area contributed by atoms with E-state index < -0.39 is 22.2 Å². The molecule has 0 aromatic carbocycles. The second-order valence-electron chi connectivity index (χ2n) is 4.93. The van der Waals surface area contributed by atoms with Crippen LogP contribution in [-0.4, -0.2) is 33.0 Å². The van der Waals surface area contributed by atoms with Crippen molar-refractivity contribution < 1.29 is 19.6 Å². The van der Waals surface area contributed by atoms with E-state index in [9.17, 15) is 24.8 Å². The number of hydrogen-bond acceptors (Lipinski definition) is 4. The smallest absolute Gasteiger partial charge is 0.311 e. The van der Waals surface area contributed by atoms with E-state index in [1.165, 1.54) is 17.8 Å². The molecule has 8 nitrogen and oxygen atoms in total. The number of aryl methyl sites for hydroxylation is 1. The van der Waals surface area contributed by atoms with Crippen molar-refractivity contribution in [3.05, 3.63) is 28.1 Å². The quantitative estimate of drug-likeness (QED) is 0.585. The van der Waals surface area contributed by atoms with Gasteiger partial charge in [0, 0.05) is 19.7 Å². The van der Waals surface area contributed by atoms with Gasteiger partial charge in [0.25, 0.3) is 11.6 Å². The molecule has 0 radical (unpaired) electrons. The summed E-state index contributed by atoms with van der Waals surface area (Å²) in [7, 11) is 1.52. The van der Waals surface area contributed by atoms with Crippen LogP contribution in [0.1, 0.15) is 37.2 Å². The van der Waals surface area contributed by atoms with Gasteiger partial charge in [-0.25, -0.2) is 0 Å². The van der Waals surface area contributed by atoms with Crippen LogP contribution in [-0.2, 0) is 11.8 Å². The summed E-state index contributed by atoms with van der Waals surface area (Å²) in [6, 6.07) is 1.16.